The molecule has 2 aromatic rings. The maximum absolute atomic E-state index is 12.3. The van der Waals surface area contributed by atoms with Gasteiger partial charge in [-0.3, -0.25) is 4.79 Å². The minimum Gasteiger partial charge on any atom is -0.384 e. The van der Waals surface area contributed by atoms with E-state index in [2.05, 4.69) is 38.7 Å². The van der Waals surface area contributed by atoms with Crippen LogP contribution in [0.5, 0.6) is 0 Å². The molecule has 0 saturated carbocycles. The Morgan fingerprint density at radius 1 is 1.33 bits per heavy atom. The third kappa shape index (κ3) is 3.10. The number of amides is 1. The molecule has 0 fully saturated rings. The molecular weight excluding hydrogens is 328 g/mol. The minimum atomic E-state index is 0.0592. The van der Waals surface area contributed by atoms with Crippen LogP contribution in [0.25, 0.3) is 0 Å². The fourth-order valence-electron chi connectivity index (χ4n) is 2.73. The maximum Gasteiger partial charge on any atom is 0.225 e. The molecule has 0 bridgehead atoms. The van der Waals surface area contributed by atoms with Gasteiger partial charge in [0.25, 0.3) is 0 Å². The molecule has 1 unspecified atom stereocenters. The van der Waals surface area contributed by atoms with Crippen molar-refractivity contribution < 1.29 is 4.79 Å². The Morgan fingerprint density at radius 3 is 2.95 bits per heavy atom. The zero-order valence-corrected chi connectivity index (χ0v) is 13.4. The average Bonchev–Trinajstić information content (AvgIpc) is 2.85. The molecule has 3 rings (SSSR count). The van der Waals surface area contributed by atoms with Gasteiger partial charge in [0.1, 0.15) is 0 Å². The van der Waals surface area contributed by atoms with Crippen LogP contribution in [0.4, 0.5) is 11.4 Å². The molecule has 0 aromatic heterocycles. The predicted octanol–water partition coefficient (Wildman–Crippen LogP) is 4.30. The number of rotatable bonds is 3. The SMILES string of the molecule is Cc1cc(Br)ccc1NC(=O)CC1CNc2ccccc21. The predicted molar refractivity (Wildman–Crippen MR) is 89.8 cm³/mol. The highest BCUT2D eigenvalue weighted by atomic mass is 79.9. The lowest BCUT2D eigenvalue weighted by Crippen LogP contribution is -2.17. The topological polar surface area (TPSA) is 41.1 Å². The van der Waals surface area contributed by atoms with Gasteiger partial charge in [-0.2, -0.15) is 0 Å². The number of halogens is 1. The lowest BCUT2D eigenvalue weighted by molar-refractivity contribution is -0.116. The summed E-state index contributed by atoms with van der Waals surface area (Å²) in [6.07, 6.45) is 0.500. The van der Waals surface area contributed by atoms with Gasteiger partial charge < -0.3 is 10.6 Å². The van der Waals surface area contributed by atoms with E-state index in [9.17, 15) is 4.79 Å². The summed E-state index contributed by atoms with van der Waals surface area (Å²) in [7, 11) is 0. The molecule has 21 heavy (non-hydrogen) atoms. The van der Waals surface area contributed by atoms with Crippen LogP contribution in [-0.2, 0) is 4.79 Å². The molecule has 0 radical (unpaired) electrons. The number of aryl methyl sites for hydroxylation is 1. The molecule has 4 heteroatoms. The molecule has 1 aliphatic heterocycles. The number of para-hydroxylation sites is 1. The Bertz CT molecular complexity index is 684. The molecule has 1 amide bonds. The second-order valence-corrected chi connectivity index (χ2v) is 6.29. The first-order valence-electron chi connectivity index (χ1n) is 7.02. The van der Waals surface area contributed by atoms with Crippen molar-refractivity contribution in [1.82, 2.24) is 0 Å². The van der Waals surface area contributed by atoms with Crippen LogP contribution >= 0.6 is 15.9 Å². The molecule has 0 saturated heterocycles. The van der Waals surface area contributed by atoms with Gasteiger partial charge in [-0.15, -0.1) is 0 Å². The van der Waals surface area contributed by atoms with Gasteiger partial charge in [0, 0.05) is 34.7 Å². The third-order valence-corrected chi connectivity index (χ3v) is 4.33. The van der Waals surface area contributed by atoms with Crippen molar-refractivity contribution in [3.8, 4) is 0 Å². The van der Waals surface area contributed by atoms with E-state index in [0.29, 0.717) is 6.42 Å². The fraction of sp³-hybridized carbons (Fsp3) is 0.235. The standard InChI is InChI=1S/C17H17BrN2O/c1-11-8-13(18)6-7-15(11)20-17(21)9-12-10-19-16-5-3-2-4-14(12)16/h2-8,12,19H,9-10H2,1H3,(H,20,21). The number of hydrogen-bond acceptors (Lipinski definition) is 2. The Hall–Kier alpha value is -1.81. The minimum absolute atomic E-state index is 0.0592. The molecule has 1 atom stereocenters. The highest BCUT2D eigenvalue weighted by molar-refractivity contribution is 9.10. The average molecular weight is 345 g/mol. The number of nitrogens with one attached hydrogen (secondary N) is 2. The van der Waals surface area contributed by atoms with Crippen LogP contribution in [0.1, 0.15) is 23.5 Å². The van der Waals surface area contributed by atoms with Gasteiger partial charge in [0.2, 0.25) is 5.91 Å². The Morgan fingerprint density at radius 2 is 2.14 bits per heavy atom. The molecule has 1 aliphatic rings. The van der Waals surface area contributed by atoms with Crippen molar-refractivity contribution >= 4 is 33.2 Å². The molecule has 2 aromatic carbocycles. The largest absolute Gasteiger partial charge is 0.384 e. The Labute approximate surface area is 132 Å². The second kappa shape index (κ2) is 5.90. The van der Waals surface area contributed by atoms with E-state index in [1.54, 1.807) is 0 Å². The van der Waals surface area contributed by atoms with E-state index in [-0.39, 0.29) is 11.8 Å². The molecule has 3 nitrogen and oxygen atoms in total. The summed E-state index contributed by atoms with van der Waals surface area (Å²) in [4.78, 5) is 12.3. The lowest BCUT2D eigenvalue weighted by Gasteiger charge is -2.12. The van der Waals surface area contributed by atoms with Gasteiger partial charge in [-0.25, -0.2) is 0 Å². The monoisotopic (exact) mass is 344 g/mol. The van der Waals surface area contributed by atoms with Crippen LogP contribution in [0.3, 0.4) is 0 Å². The lowest BCUT2D eigenvalue weighted by atomic mass is 9.97. The summed E-state index contributed by atoms with van der Waals surface area (Å²) >= 11 is 3.43. The van der Waals surface area contributed by atoms with Crippen LogP contribution in [-0.4, -0.2) is 12.5 Å². The van der Waals surface area contributed by atoms with Crippen LogP contribution in [0.15, 0.2) is 46.9 Å². The third-order valence-electron chi connectivity index (χ3n) is 3.83. The zero-order valence-electron chi connectivity index (χ0n) is 11.8. The number of hydrogen-bond donors (Lipinski definition) is 2. The summed E-state index contributed by atoms with van der Waals surface area (Å²) < 4.78 is 1.02. The van der Waals surface area contributed by atoms with E-state index in [1.807, 2.05) is 37.3 Å². The molecule has 0 spiro atoms. The summed E-state index contributed by atoms with van der Waals surface area (Å²) in [5.41, 5.74) is 4.32. The molecule has 0 aliphatic carbocycles. The number of carbonyl (C=O) groups is 1. The maximum atomic E-state index is 12.3. The van der Waals surface area contributed by atoms with Gasteiger partial charge in [-0.05, 0) is 42.3 Å². The Kier molecular flexibility index (Phi) is 3.97. The number of carbonyl (C=O) groups excluding carboxylic acids is 1. The quantitative estimate of drug-likeness (QED) is 0.871. The molecular formula is C17H17BrN2O. The van der Waals surface area contributed by atoms with Crippen molar-refractivity contribution in [2.45, 2.75) is 19.3 Å². The smallest absolute Gasteiger partial charge is 0.225 e. The van der Waals surface area contributed by atoms with Crippen LogP contribution < -0.4 is 10.6 Å². The molecule has 108 valence electrons. The van der Waals surface area contributed by atoms with Crippen molar-refractivity contribution in [2.75, 3.05) is 17.2 Å². The van der Waals surface area contributed by atoms with E-state index >= 15 is 0 Å². The van der Waals surface area contributed by atoms with Crippen LogP contribution in [0.2, 0.25) is 0 Å². The van der Waals surface area contributed by atoms with Gasteiger partial charge in [-0.1, -0.05) is 34.1 Å². The highest BCUT2D eigenvalue weighted by Crippen LogP contribution is 2.33. The van der Waals surface area contributed by atoms with Gasteiger partial charge >= 0.3 is 0 Å². The van der Waals surface area contributed by atoms with E-state index < -0.39 is 0 Å². The van der Waals surface area contributed by atoms with Gasteiger partial charge in [0.15, 0.2) is 0 Å². The van der Waals surface area contributed by atoms with Crippen molar-refractivity contribution in [3.63, 3.8) is 0 Å². The van der Waals surface area contributed by atoms with Gasteiger partial charge in [0.05, 0.1) is 0 Å². The summed E-state index contributed by atoms with van der Waals surface area (Å²) in [5.74, 6) is 0.306. The van der Waals surface area contributed by atoms with E-state index in [0.717, 1.165) is 28.0 Å². The first kappa shape index (κ1) is 14.1. The summed E-state index contributed by atoms with van der Waals surface area (Å²) in [6, 6.07) is 14.1. The summed E-state index contributed by atoms with van der Waals surface area (Å²) in [6.45, 7) is 2.82. The normalized spacial score (nSPS) is 16.2. The number of anilines is 2. The zero-order chi connectivity index (χ0) is 14.8. The molecule has 1 heterocycles. The molecule has 2 N–H and O–H groups in total. The van der Waals surface area contributed by atoms with Crippen molar-refractivity contribution in [2.24, 2.45) is 0 Å². The van der Waals surface area contributed by atoms with Crippen molar-refractivity contribution in [3.05, 3.63) is 58.1 Å². The van der Waals surface area contributed by atoms with E-state index in [4.69, 9.17) is 0 Å². The Balaban J connectivity index is 1.68. The highest BCUT2D eigenvalue weighted by Gasteiger charge is 2.24. The van der Waals surface area contributed by atoms with Crippen molar-refractivity contribution in [1.29, 1.82) is 0 Å². The number of fused-ring (bicyclic) bond motifs is 1. The first-order chi connectivity index (χ1) is 10.1. The second-order valence-electron chi connectivity index (χ2n) is 5.38. The van der Waals surface area contributed by atoms with Crippen LogP contribution in [0, 0.1) is 6.92 Å². The fourth-order valence-corrected chi connectivity index (χ4v) is 3.21. The first-order valence-corrected chi connectivity index (χ1v) is 7.81. The van der Waals surface area contributed by atoms with E-state index in [1.165, 1.54) is 5.56 Å². The number of benzene rings is 2. The summed E-state index contributed by atoms with van der Waals surface area (Å²) in [5, 5.41) is 6.36.